The van der Waals surface area contributed by atoms with Gasteiger partial charge in [0.15, 0.2) is 0 Å². The maximum absolute atomic E-state index is 13.6. The quantitative estimate of drug-likeness (QED) is 0.327. The number of hydrazone groups is 1. The lowest BCUT2D eigenvalue weighted by molar-refractivity contribution is -0.338. The van der Waals surface area contributed by atoms with E-state index in [1.54, 1.807) is 42.5 Å². The normalized spacial score (nSPS) is 16.6. The summed E-state index contributed by atoms with van der Waals surface area (Å²) < 4.78 is 87.0. The SMILES string of the molecule is CCOc1ccc(-c2ccc(C3CC(C(O)(C(F)(F)F)C(F)(F)F)=NN3c3ccccc3Cl)cc2)cc1. The van der Waals surface area contributed by atoms with Crippen molar-refractivity contribution >= 4 is 23.0 Å². The van der Waals surface area contributed by atoms with Crippen LogP contribution in [-0.2, 0) is 0 Å². The number of halogens is 7. The van der Waals surface area contributed by atoms with Gasteiger partial charge < -0.3 is 9.84 Å². The predicted molar refractivity (Wildman–Crippen MR) is 129 cm³/mol. The summed E-state index contributed by atoms with van der Waals surface area (Å²) in [6.07, 6.45) is -12.9. The Bertz CT molecular complexity index is 1260. The first-order chi connectivity index (χ1) is 17.4. The van der Waals surface area contributed by atoms with Crippen molar-refractivity contribution in [3.8, 4) is 16.9 Å². The van der Waals surface area contributed by atoms with Crippen LogP contribution in [0.25, 0.3) is 11.1 Å². The van der Waals surface area contributed by atoms with Crippen LogP contribution in [0.5, 0.6) is 5.75 Å². The van der Waals surface area contributed by atoms with Crippen molar-refractivity contribution in [2.45, 2.75) is 37.3 Å². The summed E-state index contributed by atoms with van der Waals surface area (Å²) in [7, 11) is 0. The molecule has 0 saturated heterocycles. The average molecular weight is 543 g/mol. The van der Waals surface area contributed by atoms with E-state index in [4.69, 9.17) is 16.3 Å². The first kappa shape index (κ1) is 26.8. The van der Waals surface area contributed by atoms with Gasteiger partial charge in [-0.1, -0.05) is 60.1 Å². The van der Waals surface area contributed by atoms with Crippen molar-refractivity contribution in [1.29, 1.82) is 0 Å². The Hall–Kier alpha value is -3.24. The molecule has 4 nitrogen and oxygen atoms in total. The lowest BCUT2D eigenvalue weighted by Gasteiger charge is -2.32. The minimum atomic E-state index is -6.04. The average Bonchev–Trinajstić information content (AvgIpc) is 3.28. The van der Waals surface area contributed by atoms with Crippen molar-refractivity contribution in [3.63, 3.8) is 0 Å². The minimum Gasteiger partial charge on any atom is -0.494 e. The largest absolute Gasteiger partial charge is 0.494 e. The van der Waals surface area contributed by atoms with Crippen LogP contribution < -0.4 is 9.75 Å². The summed E-state index contributed by atoms with van der Waals surface area (Å²) in [5.41, 5.74) is -4.47. The number of anilines is 1. The highest BCUT2D eigenvalue weighted by Crippen LogP contribution is 2.49. The third-order valence-corrected chi connectivity index (χ3v) is 6.36. The third-order valence-electron chi connectivity index (χ3n) is 6.04. The summed E-state index contributed by atoms with van der Waals surface area (Å²) in [6.45, 7) is 2.38. The molecule has 11 heteroatoms. The van der Waals surface area contributed by atoms with Crippen LogP contribution in [0.3, 0.4) is 0 Å². The number of hydrogen-bond donors (Lipinski definition) is 1. The summed E-state index contributed by atoms with van der Waals surface area (Å²) in [5, 5.41) is 14.7. The highest BCUT2D eigenvalue weighted by Gasteiger charge is 2.74. The molecule has 0 aromatic heterocycles. The van der Waals surface area contributed by atoms with Crippen LogP contribution in [0.4, 0.5) is 32.0 Å². The van der Waals surface area contributed by atoms with Gasteiger partial charge in [-0.05, 0) is 47.9 Å². The molecule has 0 aliphatic carbocycles. The Labute approximate surface area is 213 Å². The van der Waals surface area contributed by atoms with E-state index in [2.05, 4.69) is 5.10 Å². The number of ether oxygens (including phenoxy) is 1. The fraction of sp³-hybridized carbons (Fsp3) is 0.269. The highest BCUT2D eigenvalue weighted by molar-refractivity contribution is 6.33. The second kappa shape index (κ2) is 9.90. The topological polar surface area (TPSA) is 45.1 Å². The fourth-order valence-electron chi connectivity index (χ4n) is 4.14. The van der Waals surface area contributed by atoms with Crippen molar-refractivity contribution in [2.75, 3.05) is 11.6 Å². The Balaban J connectivity index is 1.73. The Morgan fingerprint density at radius 1 is 0.892 bits per heavy atom. The predicted octanol–water partition coefficient (Wildman–Crippen LogP) is 7.57. The fourth-order valence-corrected chi connectivity index (χ4v) is 4.37. The van der Waals surface area contributed by atoms with E-state index < -0.39 is 36.1 Å². The number of alkyl halides is 6. The standard InChI is InChI=1S/C26H21ClF6N2O2/c1-2-37-19-13-11-17(12-14-19)16-7-9-18(10-8-16)22-15-23(24(36,25(28,29)30)26(31,32)33)34-35(22)21-6-4-3-5-20(21)27/h3-14,22,36H,2,15H2,1H3. The van der Waals surface area contributed by atoms with Gasteiger partial charge in [-0.25, -0.2) is 0 Å². The van der Waals surface area contributed by atoms with E-state index in [0.717, 1.165) is 16.1 Å². The van der Waals surface area contributed by atoms with Gasteiger partial charge >= 0.3 is 12.4 Å². The van der Waals surface area contributed by atoms with Crippen LogP contribution in [-0.4, -0.2) is 35.4 Å². The zero-order chi connectivity index (χ0) is 27.0. The first-order valence-corrected chi connectivity index (χ1v) is 11.6. The van der Waals surface area contributed by atoms with Crippen molar-refractivity contribution in [2.24, 2.45) is 5.10 Å². The van der Waals surface area contributed by atoms with Gasteiger partial charge in [-0.2, -0.15) is 31.4 Å². The monoisotopic (exact) mass is 542 g/mol. The summed E-state index contributed by atoms with van der Waals surface area (Å²) in [4.78, 5) is 0. The van der Waals surface area contributed by atoms with E-state index in [1.165, 1.54) is 18.2 Å². The number of benzene rings is 3. The molecule has 3 aromatic carbocycles. The molecule has 37 heavy (non-hydrogen) atoms. The summed E-state index contributed by atoms with van der Waals surface area (Å²) >= 11 is 6.21. The highest BCUT2D eigenvalue weighted by atomic mass is 35.5. The molecular weight excluding hydrogens is 522 g/mol. The van der Waals surface area contributed by atoms with E-state index in [0.29, 0.717) is 17.9 Å². The smallest absolute Gasteiger partial charge is 0.431 e. The molecular formula is C26H21ClF6N2O2. The molecule has 1 N–H and O–H groups in total. The molecule has 0 amide bonds. The molecule has 1 unspecified atom stereocenters. The second-order valence-corrected chi connectivity index (χ2v) is 8.76. The second-order valence-electron chi connectivity index (χ2n) is 8.35. The molecule has 0 fully saturated rings. The number of nitrogens with zero attached hydrogens (tertiary/aromatic N) is 2. The van der Waals surface area contributed by atoms with Crippen LogP contribution in [0.15, 0.2) is 77.9 Å². The Kier molecular flexibility index (Phi) is 7.18. The van der Waals surface area contributed by atoms with Crippen LogP contribution in [0, 0.1) is 0 Å². The molecule has 196 valence electrons. The van der Waals surface area contributed by atoms with Gasteiger partial charge in [0, 0.05) is 6.42 Å². The van der Waals surface area contributed by atoms with Crippen molar-refractivity contribution in [1.82, 2.24) is 0 Å². The molecule has 1 heterocycles. The molecule has 3 aromatic rings. The van der Waals surface area contributed by atoms with Gasteiger partial charge in [0.1, 0.15) is 5.75 Å². The van der Waals surface area contributed by atoms with Crippen LogP contribution in [0.1, 0.15) is 24.9 Å². The number of aliphatic hydroxyl groups is 1. The molecule has 1 aliphatic heterocycles. The Morgan fingerprint density at radius 3 is 1.95 bits per heavy atom. The van der Waals surface area contributed by atoms with Gasteiger partial charge in [0.05, 0.1) is 29.1 Å². The zero-order valence-electron chi connectivity index (χ0n) is 19.3. The lowest BCUT2D eigenvalue weighted by atomic mass is 9.89. The number of hydrogen-bond acceptors (Lipinski definition) is 4. The van der Waals surface area contributed by atoms with Crippen molar-refractivity contribution < 1.29 is 36.2 Å². The molecule has 1 aliphatic rings. The van der Waals surface area contributed by atoms with Crippen LogP contribution in [0.2, 0.25) is 5.02 Å². The maximum atomic E-state index is 13.6. The van der Waals surface area contributed by atoms with E-state index in [9.17, 15) is 31.4 Å². The molecule has 0 radical (unpaired) electrons. The molecule has 0 bridgehead atoms. The van der Waals surface area contributed by atoms with E-state index >= 15 is 0 Å². The molecule has 0 spiro atoms. The van der Waals surface area contributed by atoms with Gasteiger partial charge in [-0.15, -0.1) is 0 Å². The van der Waals surface area contributed by atoms with E-state index in [-0.39, 0.29) is 10.7 Å². The number of rotatable bonds is 6. The summed E-state index contributed by atoms with van der Waals surface area (Å²) in [6, 6.07) is 18.7. The van der Waals surface area contributed by atoms with Gasteiger partial charge in [0.25, 0.3) is 5.60 Å². The van der Waals surface area contributed by atoms with E-state index in [1.807, 2.05) is 19.1 Å². The maximum Gasteiger partial charge on any atom is 0.431 e. The minimum absolute atomic E-state index is 0.0751. The first-order valence-electron chi connectivity index (χ1n) is 11.2. The third kappa shape index (κ3) is 5.00. The van der Waals surface area contributed by atoms with Gasteiger partial charge in [0.2, 0.25) is 0 Å². The molecule has 1 atom stereocenters. The van der Waals surface area contributed by atoms with Crippen LogP contribution >= 0.6 is 11.6 Å². The van der Waals surface area contributed by atoms with Gasteiger partial charge in [-0.3, -0.25) is 5.01 Å². The summed E-state index contributed by atoms with van der Waals surface area (Å²) in [5.74, 6) is 0.690. The Morgan fingerprint density at radius 2 is 1.43 bits per heavy atom. The number of para-hydroxylation sites is 1. The lowest BCUT2D eigenvalue weighted by Crippen LogP contribution is -2.62. The molecule has 4 rings (SSSR count). The zero-order valence-corrected chi connectivity index (χ0v) is 20.1. The van der Waals surface area contributed by atoms with Crippen molar-refractivity contribution in [3.05, 3.63) is 83.4 Å². The molecule has 0 saturated carbocycles.